The van der Waals surface area contributed by atoms with Crippen LogP contribution in [0.15, 0.2) is 0 Å². The van der Waals surface area contributed by atoms with Gasteiger partial charge >= 0.3 is 0 Å². The molecule has 16 heavy (non-hydrogen) atoms. The highest BCUT2D eigenvalue weighted by atomic mass is 14.6. The first kappa shape index (κ1) is 12.5. The number of rotatable bonds is 4. The summed E-state index contributed by atoms with van der Waals surface area (Å²) >= 11 is 0. The van der Waals surface area contributed by atoms with Crippen molar-refractivity contribution in [1.29, 1.82) is 0 Å². The molecule has 2 rings (SSSR count). The molecule has 2 saturated carbocycles. The fourth-order valence-electron chi connectivity index (χ4n) is 4.80. The normalized spacial score (nSPS) is 46.9. The van der Waals surface area contributed by atoms with E-state index in [9.17, 15) is 0 Å². The van der Waals surface area contributed by atoms with Gasteiger partial charge in [-0.3, -0.25) is 0 Å². The Morgan fingerprint density at radius 1 is 1.06 bits per heavy atom. The highest BCUT2D eigenvalue weighted by Gasteiger charge is 2.58. The summed E-state index contributed by atoms with van der Waals surface area (Å²) in [6, 6.07) is 0. The van der Waals surface area contributed by atoms with Crippen molar-refractivity contribution in [3.8, 4) is 0 Å². The van der Waals surface area contributed by atoms with E-state index in [4.69, 9.17) is 0 Å². The fourth-order valence-corrected chi connectivity index (χ4v) is 4.80. The van der Waals surface area contributed by atoms with E-state index in [1.807, 2.05) is 0 Å². The highest BCUT2D eigenvalue weighted by Crippen LogP contribution is 2.64. The standard InChI is InChI=1S/C16H30/c1-9(2)14-11(4)13(14)8-10(3)15-12(5)16(15,6)7/h9-15H,8H2,1-7H3. The molecule has 2 aliphatic carbocycles. The zero-order valence-electron chi connectivity index (χ0n) is 12.2. The average molecular weight is 222 g/mol. The van der Waals surface area contributed by atoms with E-state index in [1.54, 1.807) is 0 Å². The second-order valence-corrected chi connectivity index (χ2v) is 7.69. The van der Waals surface area contributed by atoms with Crippen LogP contribution < -0.4 is 0 Å². The summed E-state index contributed by atoms with van der Waals surface area (Å²) in [5.41, 5.74) is 0.630. The zero-order valence-corrected chi connectivity index (χ0v) is 12.2. The fraction of sp³-hybridized carbons (Fsp3) is 1.00. The molecule has 0 bridgehead atoms. The Hall–Kier alpha value is 0. The predicted octanol–water partition coefficient (Wildman–Crippen LogP) is 4.84. The molecular weight excluding hydrogens is 192 g/mol. The monoisotopic (exact) mass is 222 g/mol. The molecule has 2 fully saturated rings. The van der Waals surface area contributed by atoms with Crippen LogP contribution in [0.2, 0.25) is 0 Å². The molecule has 0 heterocycles. The predicted molar refractivity (Wildman–Crippen MR) is 71.2 cm³/mol. The van der Waals surface area contributed by atoms with Crippen molar-refractivity contribution in [1.82, 2.24) is 0 Å². The quantitative estimate of drug-likeness (QED) is 0.638. The highest BCUT2D eigenvalue weighted by molar-refractivity contribution is 5.06. The van der Waals surface area contributed by atoms with E-state index < -0.39 is 0 Å². The minimum Gasteiger partial charge on any atom is -0.0625 e. The van der Waals surface area contributed by atoms with Crippen molar-refractivity contribution in [2.45, 2.75) is 54.9 Å². The third kappa shape index (κ3) is 1.83. The van der Waals surface area contributed by atoms with Gasteiger partial charge in [-0.05, 0) is 53.3 Å². The van der Waals surface area contributed by atoms with Gasteiger partial charge in [0, 0.05) is 0 Å². The number of hydrogen-bond donors (Lipinski definition) is 0. The lowest BCUT2D eigenvalue weighted by Gasteiger charge is -2.13. The van der Waals surface area contributed by atoms with Gasteiger partial charge < -0.3 is 0 Å². The first-order valence-corrected chi connectivity index (χ1v) is 7.28. The van der Waals surface area contributed by atoms with Crippen LogP contribution in [0, 0.1) is 46.8 Å². The lowest BCUT2D eigenvalue weighted by atomic mass is 9.92. The molecule has 0 radical (unpaired) electrons. The molecule has 6 unspecified atom stereocenters. The maximum Gasteiger partial charge on any atom is -0.0292 e. The lowest BCUT2D eigenvalue weighted by molar-refractivity contribution is 0.359. The lowest BCUT2D eigenvalue weighted by Crippen LogP contribution is -2.05. The summed E-state index contributed by atoms with van der Waals surface area (Å²) in [5, 5.41) is 0. The molecule has 0 N–H and O–H groups in total. The van der Waals surface area contributed by atoms with Crippen LogP contribution in [0.4, 0.5) is 0 Å². The second-order valence-electron chi connectivity index (χ2n) is 7.69. The van der Waals surface area contributed by atoms with Crippen molar-refractivity contribution >= 4 is 0 Å². The van der Waals surface area contributed by atoms with Gasteiger partial charge in [-0.2, -0.15) is 0 Å². The molecule has 0 aromatic heterocycles. The van der Waals surface area contributed by atoms with Crippen LogP contribution in [0.3, 0.4) is 0 Å². The smallest absolute Gasteiger partial charge is 0.0292 e. The van der Waals surface area contributed by atoms with Crippen LogP contribution in [-0.4, -0.2) is 0 Å². The molecule has 94 valence electrons. The topological polar surface area (TPSA) is 0 Å². The summed E-state index contributed by atoms with van der Waals surface area (Å²) in [5.74, 6) is 6.86. The van der Waals surface area contributed by atoms with Gasteiger partial charge in [0.2, 0.25) is 0 Å². The Bertz CT molecular complexity index is 263. The summed E-state index contributed by atoms with van der Waals surface area (Å²) in [6.45, 7) is 17.1. The van der Waals surface area contributed by atoms with Gasteiger partial charge in [0.25, 0.3) is 0 Å². The Balaban J connectivity index is 1.84. The van der Waals surface area contributed by atoms with Crippen molar-refractivity contribution in [2.75, 3.05) is 0 Å². The summed E-state index contributed by atoms with van der Waals surface area (Å²) < 4.78 is 0. The van der Waals surface area contributed by atoms with E-state index in [-0.39, 0.29) is 0 Å². The molecule has 0 aliphatic heterocycles. The average Bonchev–Trinajstić information content (AvgIpc) is 2.89. The van der Waals surface area contributed by atoms with Crippen LogP contribution in [-0.2, 0) is 0 Å². The SMILES string of the molecule is CC(C)C1C(C)C1CC(C)C1C(C)C1(C)C. The van der Waals surface area contributed by atoms with Crippen molar-refractivity contribution in [3.63, 3.8) is 0 Å². The molecule has 0 aromatic carbocycles. The van der Waals surface area contributed by atoms with Crippen LogP contribution in [0.25, 0.3) is 0 Å². The third-order valence-electron chi connectivity index (χ3n) is 6.13. The third-order valence-corrected chi connectivity index (χ3v) is 6.13. The molecule has 0 spiro atoms. The molecule has 0 aromatic rings. The van der Waals surface area contributed by atoms with Gasteiger partial charge in [0.15, 0.2) is 0 Å². The molecule has 0 amide bonds. The van der Waals surface area contributed by atoms with Crippen molar-refractivity contribution < 1.29 is 0 Å². The first-order valence-electron chi connectivity index (χ1n) is 7.28. The van der Waals surface area contributed by atoms with E-state index in [1.165, 1.54) is 6.42 Å². The van der Waals surface area contributed by atoms with Gasteiger partial charge in [-0.1, -0.05) is 48.5 Å². The summed E-state index contributed by atoms with van der Waals surface area (Å²) in [7, 11) is 0. The van der Waals surface area contributed by atoms with E-state index >= 15 is 0 Å². The maximum absolute atomic E-state index is 2.50. The first-order chi connectivity index (χ1) is 7.28. The zero-order chi connectivity index (χ0) is 12.2. The Morgan fingerprint density at radius 3 is 1.88 bits per heavy atom. The second kappa shape index (κ2) is 3.75. The number of hydrogen-bond acceptors (Lipinski definition) is 0. The summed E-state index contributed by atoms with van der Waals surface area (Å²) in [6.07, 6.45) is 1.49. The minimum atomic E-state index is 0.630. The Labute approximate surface area is 102 Å². The van der Waals surface area contributed by atoms with Crippen LogP contribution in [0.5, 0.6) is 0 Å². The Kier molecular flexibility index (Phi) is 2.92. The molecular formula is C16H30. The van der Waals surface area contributed by atoms with Crippen molar-refractivity contribution in [3.05, 3.63) is 0 Å². The molecule has 6 atom stereocenters. The van der Waals surface area contributed by atoms with E-state index in [2.05, 4.69) is 48.5 Å². The molecule has 2 aliphatic rings. The maximum atomic E-state index is 2.50. The summed E-state index contributed by atoms with van der Waals surface area (Å²) in [4.78, 5) is 0. The van der Waals surface area contributed by atoms with Gasteiger partial charge in [0.05, 0.1) is 0 Å². The largest absolute Gasteiger partial charge is 0.0625 e. The van der Waals surface area contributed by atoms with E-state index in [0.29, 0.717) is 5.41 Å². The minimum absolute atomic E-state index is 0.630. The molecule has 0 saturated heterocycles. The Morgan fingerprint density at radius 2 is 1.56 bits per heavy atom. The van der Waals surface area contributed by atoms with Crippen molar-refractivity contribution in [2.24, 2.45) is 46.8 Å². The van der Waals surface area contributed by atoms with E-state index in [0.717, 1.165) is 41.4 Å². The van der Waals surface area contributed by atoms with Gasteiger partial charge in [-0.25, -0.2) is 0 Å². The van der Waals surface area contributed by atoms with Crippen LogP contribution in [0.1, 0.15) is 54.9 Å². The van der Waals surface area contributed by atoms with Crippen LogP contribution >= 0.6 is 0 Å². The van der Waals surface area contributed by atoms with Gasteiger partial charge in [-0.15, -0.1) is 0 Å². The van der Waals surface area contributed by atoms with Gasteiger partial charge in [0.1, 0.15) is 0 Å². The molecule has 0 heteroatoms. The molecule has 0 nitrogen and oxygen atoms in total.